The lowest BCUT2D eigenvalue weighted by Crippen LogP contribution is -2.18. The van der Waals surface area contributed by atoms with Crippen molar-refractivity contribution in [3.8, 4) is 10.4 Å². The summed E-state index contributed by atoms with van der Waals surface area (Å²) >= 11 is 3.61. The highest BCUT2D eigenvalue weighted by molar-refractivity contribution is 7.14. The fraction of sp³-hybridized carbons (Fsp3) is 0.385. The van der Waals surface area contributed by atoms with Gasteiger partial charge in [0.2, 0.25) is 0 Å². The summed E-state index contributed by atoms with van der Waals surface area (Å²) in [4.78, 5) is 2.73. The molecule has 0 bridgehead atoms. The zero-order valence-electron chi connectivity index (χ0n) is 9.94. The summed E-state index contributed by atoms with van der Waals surface area (Å²) in [5, 5.41) is 7.73. The van der Waals surface area contributed by atoms with Crippen LogP contribution in [0.4, 0.5) is 0 Å². The lowest BCUT2D eigenvalue weighted by Gasteiger charge is -2.02. The number of hydrogen-bond donors (Lipinski definition) is 1. The minimum Gasteiger partial charge on any atom is -0.380 e. The number of thiophene rings is 2. The SMILES string of the molecule is CCOCCNCc1cc(-c2cccs2)cs1. The first-order chi connectivity index (χ1) is 8.40. The Labute approximate surface area is 110 Å². The van der Waals surface area contributed by atoms with Crippen molar-refractivity contribution < 1.29 is 4.74 Å². The summed E-state index contributed by atoms with van der Waals surface area (Å²) in [6, 6.07) is 6.53. The molecule has 0 amide bonds. The molecule has 1 N–H and O–H groups in total. The molecule has 2 aromatic heterocycles. The summed E-state index contributed by atoms with van der Waals surface area (Å²) < 4.78 is 5.28. The average Bonchev–Trinajstić information content (AvgIpc) is 2.99. The van der Waals surface area contributed by atoms with Crippen molar-refractivity contribution in [2.45, 2.75) is 13.5 Å². The second-order valence-electron chi connectivity index (χ2n) is 3.65. The Morgan fingerprint density at radius 1 is 1.35 bits per heavy atom. The number of hydrogen-bond acceptors (Lipinski definition) is 4. The van der Waals surface area contributed by atoms with Gasteiger partial charge in [0.1, 0.15) is 0 Å². The normalized spacial score (nSPS) is 10.9. The van der Waals surface area contributed by atoms with E-state index in [0.29, 0.717) is 0 Å². The van der Waals surface area contributed by atoms with E-state index in [9.17, 15) is 0 Å². The smallest absolute Gasteiger partial charge is 0.0590 e. The first-order valence-corrected chi connectivity index (χ1v) is 7.56. The molecule has 2 nitrogen and oxygen atoms in total. The molecule has 0 fully saturated rings. The summed E-state index contributed by atoms with van der Waals surface area (Å²) in [5.41, 5.74) is 1.34. The lowest BCUT2D eigenvalue weighted by molar-refractivity contribution is 0.149. The number of ether oxygens (including phenoxy) is 1. The number of rotatable bonds is 7. The third kappa shape index (κ3) is 3.92. The fourth-order valence-electron chi connectivity index (χ4n) is 1.55. The molecular weight excluding hydrogens is 250 g/mol. The van der Waals surface area contributed by atoms with Crippen LogP contribution in [0.15, 0.2) is 29.0 Å². The predicted molar refractivity (Wildman–Crippen MR) is 75.8 cm³/mol. The fourth-order valence-corrected chi connectivity index (χ4v) is 3.19. The zero-order chi connectivity index (χ0) is 11.9. The van der Waals surface area contributed by atoms with Gasteiger partial charge < -0.3 is 10.1 Å². The van der Waals surface area contributed by atoms with Crippen LogP contribution >= 0.6 is 22.7 Å². The van der Waals surface area contributed by atoms with Gasteiger partial charge in [0.15, 0.2) is 0 Å². The Morgan fingerprint density at radius 2 is 2.29 bits per heavy atom. The average molecular weight is 267 g/mol. The molecule has 0 unspecified atom stereocenters. The minimum absolute atomic E-state index is 0.791. The van der Waals surface area contributed by atoms with E-state index in [2.05, 4.69) is 34.3 Å². The largest absolute Gasteiger partial charge is 0.380 e. The quantitative estimate of drug-likeness (QED) is 0.774. The van der Waals surface area contributed by atoms with E-state index in [1.165, 1.54) is 15.3 Å². The summed E-state index contributed by atoms with van der Waals surface area (Å²) in [5.74, 6) is 0. The van der Waals surface area contributed by atoms with Crippen molar-refractivity contribution in [3.63, 3.8) is 0 Å². The van der Waals surface area contributed by atoms with Gasteiger partial charge >= 0.3 is 0 Å². The maximum absolute atomic E-state index is 5.28. The van der Waals surface area contributed by atoms with Crippen LogP contribution < -0.4 is 5.32 Å². The topological polar surface area (TPSA) is 21.3 Å². The monoisotopic (exact) mass is 267 g/mol. The Kier molecular flexibility index (Phi) is 5.19. The standard InChI is InChI=1S/C13H17NOS2/c1-2-15-6-5-14-9-12-8-11(10-17-12)13-4-3-7-16-13/h3-4,7-8,10,14H,2,5-6,9H2,1H3. The van der Waals surface area contributed by atoms with Crippen molar-refractivity contribution in [1.82, 2.24) is 5.32 Å². The molecule has 0 saturated carbocycles. The maximum Gasteiger partial charge on any atom is 0.0590 e. The first kappa shape index (κ1) is 12.8. The van der Waals surface area contributed by atoms with E-state index in [4.69, 9.17) is 4.74 Å². The van der Waals surface area contributed by atoms with Crippen LogP contribution in [0.1, 0.15) is 11.8 Å². The van der Waals surface area contributed by atoms with Gasteiger partial charge in [-0.25, -0.2) is 0 Å². The second-order valence-corrected chi connectivity index (χ2v) is 5.60. The van der Waals surface area contributed by atoms with Crippen LogP contribution in [0.2, 0.25) is 0 Å². The second kappa shape index (κ2) is 6.91. The third-order valence-corrected chi connectivity index (χ3v) is 4.24. The molecule has 2 heterocycles. The molecule has 17 heavy (non-hydrogen) atoms. The van der Waals surface area contributed by atoms with Crippen LogP contribution in [0, 0.1) is 0 Å². The predicted octanol–water partition coefficient (Wildman–Crippen LogP) is 3.60. The first-order valence-electron chi connectivity index (χ1n) is 5.80. The molecule has 2 aromatic rings. The van der Waals surface area contributed by atoms with Crippen LogP contribution in [0.5, 0.6) is 0 Å². The van der Waals surface area contributed by atoms with Crippen LogP contribution in [0.3, 0.4) is 0 Å². The van der Waals surface area contributed by atoms with Gasteiger partial charge in [-0.3, -0.25) is 0 Å². The van der Waals surface area contributed by atoms with Crippen molar-refractivity contribution >= 4 is 22.7 Å². The highest BCUT2D eigenvalue weighted by atomic mass is 32.1. The van der Waals surface area contributed by atoms with E-state index in [-0.39, 0.29) is 0 Å². The van der Waals surface area contributed by atoms with Gasteiger partial charge in [0.05, 0.1) is 6.61 Å². The molecule has 0 saturated heterocycles. The molecule has 0 radical (unpaired) electrons. The van der Waals surface area contributed by atoms with Gasteiger partial charge in [-0.1, -0.05) is 6.07 Å². The van der Waals surface area contributed by atoms with Crippen LogP contribution in [-0.2, 0) is 11.3 Å². The Morgan fingerprint density at radius 3 is 3.06 bits per heavy atom. The molecular formula is C13H17NOS2. The van der Waals surface area contributed by atoms with Crippen molar-refractivity contribution in [2.75, 3.05) is 19.8 Å². The van der Waals surface area contributed by atoms with Crippen molar-refractivity contribution in [2.24, 2.45) is 0 Å². The molecule has 92 valence electrons. The maximum atomic E-state index is 5.28. The molecule has 0 aromatic carbocycles. The Balaban J connectivity index is 1.79. The summed E-state index contributed by atoms with van der Waals surface area (Å²) in [7, 11) is 0. The third-order valence-electron chi connectivity index (χ3n) is 2.39. The highest BCUT2D eigenvalue weighted by Crippen LogP contribution is 2.28. The van der Waals surface area contributed by atoms with Gasteiger partial charge in [-0.05, 0) is 29.8 Å². The van der Waals surface area contributed by atoms with Crippen LogP contribution in [0.25, 0.3) is 10.4 Å². The summed E-state index contributed by atoms with van der Waals surface area (Å²) in [6.07, 6.45) is 0. The number of nitrogens with one attached hydrogen (secondary N) is 1. The Bertz CT molecular complexity index is 422. The molecule has 0 aliphatic carbocycles. The van der Waals surface area contributed by atoms with E-state index < -0.39 is 0 Å². The highest BCUT2D eigenvalue weighted by Gasteiger charge is 2.02. The molecule has 0 aliphatic rings. The van der Waals surface area contributed by atoms with E-state index in [1.54, 1.807) is 11.3 Å². The van der Waals surface area contributed by atoms with Gasteiger partial charge in [0, 0.05) is 35.0 Å². The molecule has 0 atom stereocenters. The molecule has 0 spiro atoms. The minimum atomic E-state index is 0.791. The van der Waals surface area contributed by atoms with E-state index >= 15 is 0 Å². The van der Waals surface area contributed by atoms with Crippen LogP contribution in [-0.4, -0.2) is 19.8 Å². The molecule has 4 heteroatoms. The van der Waals surface area contributed by atoms with Gasteiger partial charge in [-0.15, -0.1) is 22.7 Å². The van der Waals surface area contributed by atoms with Crippen molar-refractivity contribution in [3.05, 3.63) is 33.8 Å². The van der Waals surface area contributed by atoms with Gasteiger partial charge in [0.25, 0.3) is 0 Å². The Hall–Kier alpha value is -0.680. The molecule has 2 rings (SSSR count). The van der Waals surface area contributed by atoms with E-state index in [1.807, 2.05) is 18.3 Å². The van der Waals surface area contributed by atoms with Crippen molar-refractivity contribution in [1.29, 1.82) is 0 Å². The summed E-state index contributed by atoms with van der Waals surface area (Å²) in [6.45, 7) is 5.46. The van der Waals surface area contributed by atoms with Gasteiger partial charge in [-0.2, -0.15) is 0 Å². The molecule has 0 aliphatic heterocycles. The zero-order valence-corrected chi connectivity index (χ0v) is 11.6. The lowest BCUT2D eigenvalue weighted by atomic mass is 10.2. The van der Waals surface area contributed by atoms with E-state index in [0.717, 1.165) is 26.3 Å².